The van der Waals surface area contributed by atoms with E-state index in [1.165, 1.54) is 24.3 Å². The molecule has 5 nitrogen and oxygen atoms in total. The molecule has 2 aromatic rings. The van der Waals surface area contributed by atoms with Crippen molar-refractivity contribution in [1.82, 2.24) is 9.97 Å². The van der Waals surface area contributed by atoms with E-state index in [0.29, 0.717) is 11.4 Å². The second-order valence-electron chi connectivity index (χ2n) is 5.48. The van der Waals surface area contributed by atoms with Gasteiger partial charge in [0.25, 0.3) is 5.56 Å². The van der Waals surface area contributed by atoms with E-state index >= 15 is 0 Å². The molecule has 1 aliphatic carbocycles. The van der Waals surface area contributed by atoms with Crippen molar-refractivity contribution in [2.75, 3.05) is 0 Å². The maximum Gasteiger partial charge on any atom is 0.262 e. The van der Waals surface area contributed by atoms with Crippen LogP contribution in [0.5, 0.6) is 5.88 Å². The molecule has 110 valence electrons. The van der Waals surface area contributed by atoms with Gasteiger partial charge in [-0.05, 0) is 30.5 Å². The number of nitrogens with zero attached hydrogens (tertiary/aromatic N) is 1. The molecule has 1 aliphatic rings. The number of hydrogen-bond donors (Lipinski definition) is 3. The summed E-state index contributed by atoms with van der Waals surface area (Å²) < 4.78 is 12.9. The number of benzene rings is 1. The van der Waals surface area contributed by atoms with Crippen molar-refractivity contribution >= 4 is 0 Å². The van der Waals surface area contributed by atoms with Crippen LogP contribution < -0.4 is 11.3 Å². The Morgan fingerprint density at radius 2 is 1.86 bits per heavy atom. The van der Waals surface area contributed by atoms with Crippen LogP contribution in [0, 0.1) is 5.82 Å². The minimum Gasteiger partial charge on any atom is -0.493 e. The minimum absolute atomic E-state index is 0.0281. The van der Waals surface area contributed by atoms with E-state index in [0.717, 1.165) is 25.7 Å². The maximum atomic E-state index is 12.9. The molecule has 6 heteroatoms. The van der Waals surface area contributed by atoms with Gasteiger partial charge < -0.3 is 15.8 Å². The maximum absolute atomic E-state index is 12.9. The second-order valence-corrected chi connectivity index (χ2v) is 5.48. The predicted octanol–water partition coefficient (Wildman–Crippen LogP) is 2.01. The average Bonchev–Trinajstić information content (AvgIpc) is 2.88. The van der Waals surface area contributed by atoms with Crippen LogP contribution in [0.1, 0.15) is 31.5 Å². The van der Waals surface area contributed by atoms with Crippen molar-refractivity contribution < 1.29 is 9.50 Å². The number of aromatic amines is 1. The normalized spacial score (nSPS) is 17.0. The zero-order valence-electron chi connectivity index (χ0n) is 11.4. The molecule has 0 radical (unpaired) electrons. The number of aromatic nitrogens is 2. The van der Waals surface area contributed by atoms with Crippen LogP contribution in [0.4, 0.5) is 4.39 Å². The highest BCUT2D eigenvalue weighted by atomic mass is 19.1. The first-order chi connectivity index (χ1) is 9.99. The van der Waals surface area contributed by atoms with Gasteiger partial charge in [0.2, 0.25) is 5.88 Å². The van der Waals surface area contributed by atoms with Crippen molar-refractivity contribution in [3.8, 4) is 17.0 Å². The molecule has 1 heterocycles. The van der Waals surface area contributed by atoms with Gasteiger partial charge in [-0.2, -0.15) is 4.98 Å². The fraction of sp³-hybridized carbons (Fsp3) is 0.333. The van der Waals surface area contributed by atoms with Crippen LogP contribution in [0.15, 0.2) is 29.1 Å². The number of rotatable bonds is 2. The Balaban J connectivity index is 2.08. The Hall–Kier alpha value is -2.21. The Kier molecular flexibility index (Phi) is 3.25. The smallest absolute Gasteiger partial charge is 0.262 e. The number of nitrogens with one attached hydrogen (secondary N) is 1. The molecule has 3 rings (SSSR count). The summed E-state index contributed by atoms with van der Waals surface area (Å²) in [6, 6.07) is 5.30. The second kappa shape index (κ2) is 4.96. The molecule has 1 saturated carbocycles. The molecule has 0 bridgehead atoms. The van der Waals surface area contributed by atoms with Crippen LogP contribution in [0.25, 0.3) is 11.1 Å². The summed E-state index contributed by atoms with van der Waals surface area (Å²) in [6.07, 6.45) is 3.40. The van der Waals surface area contributed by atoms with Gasteiger partial charge in [0.1, 0.15) is 17.2 Å². The summed E-state index contributed by atoms with van der Waals surface area (Å²) in [6.45, 7) is 0. The van der Waals surface area contributed by atoms with Crippen molar-refractivity contribution in [1.29, 1.82) is 0 Å². The number of aromatic hydroxyl groups is 1. The Bertz CT molecular complexity index is 719. The fourth-order valence-corrected chi connectivity index (χ4v) is 2.82. The molecule has 0 amide bonds. The highest BCUT2D eigenvalue weighted by molar-refractivity contribution is 5.67. The first kappa shape index (κ1) is 13.8. The molecule has 0 spiro atoms. The lowest BCUT2D eigenvalue weighted by atomic mass is 9.98. The molecule has 4 N–H and O–H groups in total. The summed E-state index contributed by atoms with van der Waals surface area (Å²) >= 11 is 0. The number of hydrogen-bond acceptors (Lipinski definition) is 4. The topological polar surface area (TPSA) is 92.0 Å². The third kappa shape index (κ3) is 2.42. The van der Waals surface area contributed by atoms with Crippen LogP contribution in [0.3, 0.4) is 0 Å². The first-order valence-corrected chi connectivity index (χ1v) is 6.88. The first-order valence-electron chi connectivity index (χ1n) is 6.88. The van der Waals surface area contributed by atoms with Crippen molar-refractivity contribution in [3.63, 3.8) is 0 Å². The summed E-state index contributed by atoms with van der Waals surface area (Å²) in [5, 5.41) is 10.1. The zero-order valence-corrected chi connectivity index (χ0v) is 11.4. The van der Waals surface area contributed by atoms with Crippen LogP contribution in [0.2, 0.25) is 0 Å². The van der Waals surface area contributed by atoms with Gasteiger partial charge in [-0.15, -0.1) is 0 Å². The Morgan fingerprint density at radius 3 is 2.43 bits per heavy atom. The van der Waals surface area contributed by atoms with Crippen LogP contribution >= 0.6 is 0 Å². The third-order valence-electron chi connectivity index (χ3n) is 4.00. The van der Waals surface area contributed by atoms with E-state index in [4.69, 9.17) is 5.73 Å². The highest BCUT2D eigenvalue weighted by Crippen LogP contribution is 2.35. The van der Waals surface area contributed by atoms with E-state index in [9.17, 15) is 14.3 Å². The monoisotopic (exact) mass is 289 g/mol. The van der Waals surface area contributed by atoms with Crippen molar-refractivity contribution in [3.05, 3.63) is 46.3 Å². The summed E-state index contributed by atoms with van der Waals surface area (Å²) in [5.74, 6) is -0.475. The van der Waals surface area contributed by atoms with Crippen LogP contribution in [-0.2, 0) is 5.54 Å². The molecule has 1 aromatic heterocycles. The standard InChI is InChI=1S/C15H16FN3O2/c16-10-5-3-9(4-6-10)11-12(20)18-14(19-13(11)21)15(17)7-1-2-8-15/h3-6H,1-2,7-8,17H2,(H2,18,19,20,21). The third-order valence-corrected chi connectivity index (χ3v) is 4.00. The predicted molar refractivity (Wildman–Crippen MR) is 76.2 cm³/mol. The van der Waals surface area contributed by atoms with E-state index in [1.807, 2.05) is 0 Å². The Morgan fingerprint density at radius 1 is 1.24 bits per heavy atom. The summed E-state index contributed by atoms with van der Waals surface area (Å²) in [4.78, 5) is 19.0. The minimum atomic E-state index is -0.683. The molecular formula is C15H16FN3O2. The van der Waals surface area contributed by atoms with Gasteiger partial charge in [0.15, 0.2) is 0 Å². The number of H-pyrrole nitrogens is 1. The molecule has 0 saturated heterocycles. The molecular weight excluding hydrogens is 273 g/mol. The molecule has 0 unspecified atom stereocenters. The van der Waals surface area contributed by atoms with Gasteiger partial charge in [-0.25, -0.2) is 4.39 Å². The quantitative estimate of drug-likeness (QED) is 0.788. The highest BCUT2D eigenvalue weighted by Gasteiger charge is 2.34. The lowest BCUT2D eigenvalue weighted by Gasteiger charge is -2.22. The van der Waals surface area contributed by atoms with E-state index in [2.05, 4.69) is 9.97 Å². The van der Waals surface area contributed by atoms with Gasteiger partial charge in [0, 0.05) is 0 Å². The lowest BCUT2D eigenvalue weighted by Crippen LogP contribution is -2.37. The van der Waals surface area contributed by atoms with E-state index < -0.39 is 16.9 Å². The number of halogens is 1. The van der Waals surface area contributed by atoms with Gasteiger partial charge in [-0.1, -0.05) is 25.0 Å². The molecule has 1 aromatic carbocycles. The Labute approximate surface area is 120 Å². The van der Waals surface area contributed by atoms with Crippen molar-refractivity contribution in [2.45, 2.75) is 31.2 Å². The van der Waals surface area contributed by atoms with Crippen LogP contribution in [-0.4, -0.2) is 15.1 Å². The van der Waals surface area contributed by atoms with Gasteiger partial charge in [-0.3, -0.25) is 4.79 Å². The molecule has 0 aliphatic heterocycles. The summed E-state index contributed by atoms with van der Waals surface area (Å²) in [5.41, 5.74) is 5.52. The van der Waals surface area contributed by atoms with Crippen molar-refractivity contribution in [2.24, 2.45) is 5.73 Å². The zero-order chi connectivity index (χ0) is 15.0. The fourth-order valence-electron chi connectivity index (χ4n) is 2.82. The van der Waals surface area contributed by atoms with Gasteiger partial charge >= 0.3 is 0 Å². The SMILES string of the molecule is NC1(c2nc(O)c(-c3ccc(F)cc3)c(=O)[nH]2)CCCC1. The van der Waals surface area contributed by atoms with E-state index in [1.54, 1.807) is 0 Å². The number of nitrogens with two attached hydrogens (primary N) is 1. The summed E-state index contributed by atoms with van der Waals surface area (Å²) in [7, 11) is 0. The van der Waals surface area contributed by atoms with Gasteiger partial charge in [0.05, 0.1) is 5.54 Å². The largest absolute Gasteiger partial charge is 0.493 e. The molecule has 1 fully saturated rings. The molecule has 21 heavy (non-hydrogen) atoms. The average molecular weight is 289 g/mol. The lowest BCUT2D eigenvalue weighted by molar-refractivity contribution is 0.402. The molecule has 0 atom stereocenters. The van der Waals surface area contributed by atoms with E-state index in [-0.39, 0.29) is 11.4 Å².